The van der Waals surface area contributed by atoms with E-state index in [0.29, 0.717) is 0 Å². The third-order valence-corrected chi connectivity index (χ3v) is 5.17. The summed E-state index contributed by atoms with van der Waals surface area (Å²) >= 11 is 1.59. The second-order valence-corrected chi connectivity index (χ2v) is 7.01. The molecule has 0 amide bonds. The Morgan fingerprint density at radius 2 is 1.73 bits per heavy atom. The van der Waals surface area contributed by atoms with Crippen LogP contribution in [0.4, 0.5) is 11.6 Å². The van der Waals surface area contributed by atoms with E-state index in [1.165, 1.54) is 0 Å². The Morgan fingerprint density at radius 1 is 1.00 bits per heavy atom. The number of aromatic nitrogens is 6. The van der Waals surface area contributed by atoms with Gasteiger partial charge in [0.1, 0.15) is 11.6 Å². The summed E-state index contributed by atoms with van der Waals surface area (Å²) in [5.74, 6) is 2.79. The summed E-state index contributed by atoms with van der Waals surface area (Å²) in [6, 6.07) is 6.10. The fraction of sp³-hybridized carbons (Fsp3) is 0.471. The zero-order valence-electron chi connectivity index (χ0n) is 15.3. The Bertz CT molecular complexity index is 894. The molecule has 0 atom stereocenters. The quantitative estimate of drug-likeness (QED) is 0.509. The van der Waals surface area contributed by atoms with Crippen molar-refractivity contribution in [3.05, 3.63) is 29.7 Å². The molecule has 0 unspecified atom stereocenters. The molecule has 0 aliphatic carbocycles. The van der Waals surface area contributed by atoms with Crippen LogP contribution in [-0.2, 0) is 6.42 Å². The summed E-state index contributed by atoms with van der Waals surface area (Å²) in [6.45, 7) is 7.67. The van der Waals surface area contributed by atoms with Crippen molar-refractivity contribution in [2.75, 3.05) is 42.2 Å². The molecule has 0 N–H and O–H groups in total. The molecule has 0 bridgehead atoms. The number of aryl methyl sites for hydroxylation is 2. The molecule has 1 saturated heterocycles. The van der Waals surface area contributed by atoms with Gasteiger partial charge in [-0.3, -0.25) is 0 Å². The summed E-state index contributed by atoms with van der Waals surface area (Å²) in [4.78, 5) is 13.9. The molecule has 9 heteroatoms. The molecule has 0 radical (unpaired) electrons. The van der Waals surface area contributed by atoms with Gasteiger partial charge in [-0.05, 0) is 31.7 Å². The highest BCUT2D eigenvalue weighted by atomic mass is 32.2. The van der Waals surface area contributed by atoms with Gasteiger partial charge in [-0.25, -0.2) is 9.97 Å². The second kappa shape index (κ2) is 7.06. The number of fused-ring (bicyclic) bond motifs is 1. The molecule has 1 fully saturated rings. The predicted octanol–water partition coefficient (Wildman–Crippen LogP) is 1.83. The molecule has 0 spiro atoms. The van der Waals surface area contributed by atoms with E-state index in [1.807, 2.05) is 25.3 Å². The maximum absolute atomic E-state index is 4.69. The predicted molar refractivity (Wildman–Crippen MR) is 103 cm³/mol. The maximum atomic E-state index is 4.69. The van der Waals surface area contributed by atoms with Crippen LogP contribution in [0, 0.1) is 6.92 Å². The molecule has 3 aromatic heterocycles. The minimum absolute atomic E-state index is 0.780. The topological polar surface area (TPSA) is 75.3 Å². The Balaban J connectivity index is 1.50. The highest BCUT2D eigenvalue weighted by Gasteiger charge is 2.21. The van der Waals surface area contributed by atoms with Crippen molar-refractivity contribution in [2.45, 2.75) is 25.4 Å². The van der Waals surface area contributed by atoms with Gasteiger partial charge in [-0.15, -0.1) is 15.3 Å². The SMILES string of the molecule is CCc1cc(N2CCN(c3ccc4nnc(C)n4n3)CC2)nc(SC)n1. The molecule has 4 rings (SSSR count). The summed E-state index contributed by atoms with van der Waals surface area (Å²) in [5, 5.41) is 13.7. The molecule has 0 saturated carbocycles. The van der Waals surface area contributed by atoms with Gasteiger partial charge in [0.25, 0.3) is 0 Å². The molecule has 4 heterocycles. The minimum atomic E-state index is 0.780. The van der Waals surface area contributed by atoms with Gasteiger partial charge in [-0.2, -0.15) is 4.52 Å². The lowest BCUT2D eigenvalue weighted by molar-refractivity contribution is 0.631. The zero-order valence-corrected chi connectivity index (χ0v) is 16.1. The normalized spacial score (nSPS) is 15.0. The lowest BCUT2D eigenvalue weighted by atomic mass is 10.2. The van der Waals surface area contributed by atoms with Crippen molar-refractivity contribution in [3.63, 3.8) is 0 Å². The van der Waals surface area contributed by atoms with Crippen LogP contribution in [0.15, 0.2) is 23.4 Å². The second-order valence-electron chi connectivity index (χ2n) is 6.24. The molecule has 1 aliphatic rings. The van der Waals surface area contributed by atoms with Crippen molar-refractivity contribution >= 4 is 29.0 Å². The van der Waals surface area contributed by atoms with E-state index in [-0.39, 0.29) is 0 Å². The van der Waals surface area contributed by atoms with Crippen molar-refractivity contribution < 1.29 is 0 Å². The van der Waals surface area contributed by atoms with Crippen molar-refractivity contribution in [3.8, 4) is 0 Å². The summed E-state index contributed by atoms with van der Waals surface area (Å²) < 4.78 is 1.80. The first kappa shape index (κ1) is 17.0. The number of rotatable bonds is 4. The number of thioether (sulfide) groups is 1. The van der Waals surface area contributed by atoms with Crippen LogP contribution in [0.25, 0.3) is 5.65 Å². The highest BCUT2D eigenvalue weighted by Crippen LogP contribution is 2.21. The molecular weight excluding hydrogens is 348 g/mol. The zero-order chi connectivity index (χ0) is 18.1. The molecule has 8 nitrogen and oxygen atoms in total. The minimum Gasteiger partial charge on any atom is -0.353 e. The van der Waals surface area contributed by atoms with E-state index in [0.717, 1.165) is 66.6 Å². The van der Waals surface area contributed by atoms with Crippen LogP contribution in [0.2, 0.25) is 0 Å². The summed E-state index contributed by atoms with van der Waals surface area (Å²) in [6.07, 6.45) is 2.94. The van der Waals surface area contributed by atoms with Crippen LogP contribution >= 0.6 is 11.8 Å². The van der Waals surface area contributed by atoms with Gasteiger partial charge in [-0.1, -0.05) is 18.7 Å². The van der Waals surface area contributed by atoms with Gasteiger partial charge >= 0.3 is 0 Å². The van der Waals surface area contributed by atoms with Gasteiger partial charge in [0.2, 0.25) is 0 Å². The first-order chi connectivity index (χ1) is 12.7. The van der Waals surface area contributed by atoms with Crippen molar-refractivity contribution in [1.29, 1.82) is 0 Å². The van der Waals surface area contributed by atoms with E-state index in [1.54, 1.807) is 16.3 Å². The highest BCUT2D eigenvalue weighted by molar-refractivity contribution is 7.98. The first-order valence-corrected chi connectivity index (χ1v) is 10.0. The van der Waals surface area contributed by atoms with Crippen molar-refractivity contribution in [2.24, 2.45) is 0 Å². The smallest absolute Gasteiger partial charge is 0.189 e. The number of anilines is 2. The van der Waals surface area contributed by atoms with Crippen LogP contribution in [-0.4, -0.2) is 62.2 Å². The van der Waals surface area contributed by atoms with E-state index >= 15 is 0 Å². The fourth-order valence-electron chi connectivity index (χ4n) is 3.11. The molecule has 1 aliphatic heterocycles. The standard InChI is InChI=1S/C17H22N8S/c1-4-13-11-16(19-17(18-13)26-3)24-9-7-23(8-10-24)15-6-5-14-21-20-12(2)25(14)22-15/h5-6,11H,4,7-10H2,1-3H3. The first-order valence-electron chi connectivity index (χ1n) is 8.79. The Hall–Kier alpha value is -2.42. The number of hydrogen-bond acceptors (Lipinski definition) is 8. The van der Waals surface area contributed by atoms with E-state index in [2.05, 4.69) is 48.1 Å². The van der Waals surface area contributed by atoms with E-state index in [9.17, 15) is 0 Å². The van der Waals surface area contributed by atoms with Crippen LogP contribution in [0.3, 0.4) is 0 Å². The molecule has 136 valence electrons. The maximum Gasteiger partial charge on any atom is 0.189 e. The third kappa shape index (κ3) is 3.18. The van der Waals surface area contributed by atoms with Crippen molar-refractivity contribution in [1.82, 2.24) is 29.8 Å². The number of hydrogen-bond donors (Lipinski definition) is 0. The summed E-state index contributed by atoms with van der Waals surface area (Å²) in [5.41, 5.74) is 1.87. The van der Waals surface area contributed by atoms with Crippen LogP contribution in [0.5, 0.6) is 0 Å². The lowest BCUT2D eigenvalue weighted by Crippen LogP contribution is -2.47. The molecule has 26 heavy (non-hydrogen) atoms. The third-order valence-electron chi connectivity index (χ3n) is 4.62. The van der Waals surface area contributed by atoms with Gasteiger partial charge in [0.15, 0.2) is 16.6 Å². The van der Waals surface area contributed by atoms with Gasteiger partial charge in [0, 0.05) is 37.9 Å². The summed E-state index contributed by atoms with van der Waals surface area (Å²) in [7, 11) is 0. The molecular formula is C17H22N8S. The Morgan fingerprint density at radius 3 is 2.42 bits per heavy atom. The average Bonchev–Trinajstić information content (AvgIpc) is 3.08. The number of nitrogens with zero attached hydrogens (tertiary/aromatic N) is 8. The Kier molecular flexibility index (Phi) is 4.62. The lowest BCUT2D eigenvalue weighted by Gasteiger charge is -2.36. The molecule has 3 aromatic rings. The van der Waals surface area contributed by atoms with Gasteiger partial charge < -0.3 is 9.80 Å². The van der Waals surface area contributed by atoms with E-state index in [4.69, 9.17) is 0 Å². The molecule has 0 aromatic carbocycles. The average molecular weight is 370 g/mol. The fourth-order valence-corrected chi connectivity index (χ4v) is 3.51. The number of piperazine rings is 1. The van der Waals surface area contributed by atoms with Crippen LogP contribution in [0.1, 0.15) is 18.4 Å². The van der Waals surface area contributed by atoms with Crippen LogP contribution < -0.4 is 9.80 Å². The monoisotopic (exact) mass is 370 g/mol. The van der Waals surface area contributed by atoms with E-state index < -0.39 is 0 Å². The van der Waals surface area contributed by atoms with Gasteiger partial charge in [0.05, 0.1) is 0 Å². The Labute approximate surface area is 156 Å². The largest absolute Gasteiger partial charge is 0.353 e.